The summed E-state index contributed by atoms with van der Waals surface area (Å²) >= 11 is 0. The minimum absolute atomic E-state index is 0.0146. The van der Waals surface area contributed by atoms with E-state index < -0.39 is 20.9 Å². The molecule has 7 nitrogen and oxygen atoms in total. The first kappa shape index (κ1) is 18.8. The van der Waals surface area contributed by atoms with Crippen LogP contribution in [0.1, 0.15) is 35.7 Å². The molecule has 0 aliphatic rings. The SMILES string of the molecule is CCCCc1c(N)c(C(=O)O)cc(S(N)(=O)=O)c1Oc1ccccc1. The number of hydrogen-bond donors (Lipinski definition) is 3. The van der Waals surface area contributed by atoms with Gasteiger partial charge in [-0.1, -0.05) is 31.5 Å². The van der Waals surface area contributed by atoms with Gasteiger partial charge in [-0.3, -0.25) is 0 Å². The Balaban J connectivity index is 2.75. The van der Waals surface area contributed by atoms with Crippen molar-refractivity contribution in [2.24, 2.45) is 5.14 Å². The first-order chi connectivity index (χ1) is 11.8. The van der Waals surface area contributed by atoms with Gasteiger partial charge in [0.05, 0.1) is 11.3 Å². The second kappa shape index (κ2) is 7.54. The standard InChI is InChI=1S/C17H20N2O5S/c1-2-3-9-12-15(18)13(17(20)21)10-14(25(19,22)23)16(12)24-11-7-5-4-6-8-11/h4-8,10H,2-3,9,18H2,1H3,(H,20,21)(H2,19,22,23). The van der Waals surface area contributed by atoms with Gasteiger partial charge in [0.1, 0.15) is 10.6 Å². The van der Waals surface area contributed by atoms with Crippen molar-refractivity contribution in [3.05, 3.63) is 47.5 Å². The first-order valence-corrected chi connectivity index (χ1v) is 9.24. The number of carbonyl (C=O) groups is 1. The maximum atomic E-state index is 12.0. The molecule has 5 N–H and O–H groups in total. The van der Waals surface area contributed by atoms with Crippen molar-refractivity contribution < 1.29 is 23.1 Å². The Bertz CT molecular complexity index is 880. The molecule has 0 fully saturated rings. The third kappa shape index (κ3) is 4.28. The van der Waals surface area contributed by atoms with E-state index in [9.17, 15) is 18.3 Å². The van der Waals surface area contributed by atoms with Crippen LogP contribution in [-0.2, 0) is 16.4 Å². The topological polar surface area (TPSA) is 133 Å². The molecule has 0 aliphatic carbocycles. The molecule has 0 heterocycles. The molecule has 0 spiro atoms. The van der Waals surface area contributed by atoms with Crippen molar-refractivity contribution in [2.45, 2.75) is 31.1 Å². The summed E-state index contributed by atoms with van der Waals surface area (Å²) in [5.41, 5.74) is 6.00. The lowest BCUT2D eigenvalue weighted by atomic mass is 10.0. The lowest BCUT2D eigenvalue weighted by Gasteiger charge is -2.18. The zero-order chi connectivity index (χ0) is 18.6. The fourth-order valence-corrected chi connectivity index (χ4v) is 3.12. The molecule has 0 atom stereocenters. The Morgan fingerprint density at radius 3 is 2.40 bits per heavy atom. The maximum Gasteiger partial charge on any atom is 0.337 e. The van der Waals surface area contributed by atoms with E-state index in [1.54, 1.807) is 30.3 Å². The van der Waals surface area contributed by atoms with Crippen molar-refractivity contribution >= 4 is 21.7 Å². The molecule has 2 rings (SSSR count). The second-order valence-electron chi connectivity index (χ2n) is 5.51. The molecule has 2 aromatic rings. The number of hydrogen-bond acceptors (Lipinski definition) is 5. The van der Waals surface area contributed by atoms with E-state index in [2.05, 4.69) is 0 Å². The van der Waals surface area contributed by atoms with Crippen LogP contribution < -0.4 is 15.6 Å². The van der Waals surface area contributed by atoms with Crippen molar-refractivity contribution in [3.63, 3.8) is 0 Å². The number of anilines is 1. The highest BCUT2D eigenvalue weighted by molar-refractivity contribution is 7.89. The Labute approximate surface area is 146 Å². The summed E-state index contributed by atoms with van der Waals surface area (Å²) < 4.78 is 29.8. The fraction of sp³-hybridized carbons (Fsp3) is 0.235. The number of carboxylic acid groups (broad SMARTS) is 1. The van der Waals surface area contributed by atoms with Gasteiger partial charge in [0.15, 0.2) is 5.75 Å². The molecule has 134 valence electrons. The summed E-state index contributed by atoms with van der Waals surface area (Å²) in [5, 5.41) is 14.6. The Morgan fingerprint density at radius 1 is 1.24 bits per heavy atom. The second-order valence-corrected chi connectivity index (χ2v) is 7.04. The quantitative estimate of drug-likeness (QED) is 0.647. The molecule has 2 aromatic carbocycles. The number of aromatic carboxylic acids is 1. The molecule has 0 bridgehead atoms. The van der Waals surface area contributed by atoms with E-state index in [1.165, 1.54) is 0 Å². The number of ether oxygens (including phenoxy) is 1. The van der Waals surface area contributed by atoms with Crippen LogP contribution in [0.15, 0.2) is 41.3 Å². The van der Waals surface area contributed by atoms with Gasteiger partial charge in [-0.25, -0.2) is 18.4 Å². The van der Waals surface area contributed by atoms with Gasteiger partial charge in [-0.15, -0.1) is 0 Å². The van der Waals surface area contributed by atoms with Gasteiger partial charge in [0.2, 0.25) is 10.0 Å². The van der Waals surface area contributed by atoms with Gasteiger partial charge in [0, 0.05) is 5.56 Å². The number of benzene rings is 2. The zero-order valence-corrected chi connectivity index (χ0v) is 14.5. The zero-order valence-electron chi connectivity index (χ0n) is 13.7. The van der Waals surface area contributed by atoms with E-state index in [0.29, 0.717) is 24.2 Å². The highest BCUT2D eigenvalue weighted by Gasteiger charge is 2.26. The predicted molar refractivity (Wildman–Crippen MR) is 94.3 cm³/mol. The van der Waals surface area contributed by atoms with Crippen molar-refractivity contribution in [2.75, 3.05) is 5.73 Å². The molecule has 0 aromatic heterocycles. The molecular weight excluding hydrogens is 344 g/mol. The van der Waals surface area contributed by atoms with Crippen LogP contribution in [-0.4, -0.2) is 19.5 Å². The minimum atomic E-state index is -4.22. The Kier molecular flexibility index (Phi) is 5.66. The van der Waals surface area contributed by atoms with Crippen molar-refractivity contribution in [1.82, 2.24) is 0 Å². The van der Waals surface area contributed by atoms with Crippen LogP contribution in [0, 0.1) is 0 Å². The maximum absolute atomic E-state index is 12.0. The van der Waals surface area contributed by atoms with Crippen molar-refractivity contribution in [1.29, 1.82) is 0 Å². The summed E-state index contributed by atoms with van der Waals surface area (Å²) in [7, 11) is -4.22. The van der Waals surface area contributed by atoms with Crippen LogP contribution in [0.2, 0.25) is 0 Å². The van der Waals surface area contributed by atoms with Crippen LogP contribution in [0.25, 0.3) is 0 Å². The number of nitrogen functional groups attached to an aromatic ring is 1. The minimum Gasteiger partial charge on any atom is -0.478 e. The summed E-state index contributed by atoms with van der Waals surface area (Å²) in [5.74, 6) is -0.955. The monoisotopic (exact) mass is 364 g/mol. The molecule has 0 amide bonds. The molecule has 8 heteroatoms. The number of para-hydroxylation sites is 1. The average molecular weight is 364 g/mol. The number of unbranched alkanes of at least 4 members (excludes halogenated alkanes) is 1. The number of rotatable bonds is 7. The van der Waals surface area contributed by atoms with Crippen LogP contribution in [0.4, 0.5) is 5.69 Å². The van der Waals surface area contributed by atoms with E-state index in [-0.39, 0.29) is 17.0 Å². The number of sulfonamides is 1. The molecule has 0 saturated heterocycles. The number of primary sulfonamides is 1. The predicted octanol–water partition coefficient (Wildman–Crippen LogP) is 2.75. The van der Waals surface area contributed by atoms with E-state index in [1.807, 2.05) is 6.92 Å². The summed E-state index contributed by atoms with van der Waals surface area (Å²) in [6, 6.07) is 9.49. The lowest BCUT2D eigenvalue weighted by molar-refractivity contribution is 0.0697. The number of carboxylic acids is 1. The van der Waals surface area contributed by atoms with E-state index >= 15 is 0 Å². The average Bonchev–Trinajstić information content (AvgIpc) is 2.54. The van der Waals surface area contributed by atoms with Crippen LogP contribution in [0.3, 0.4) is 0 Å². The normalized spacial score (nSPS) is 11.3. The van der Waals surface area contributed by atoms with Crippen LogP contribution >= 0.6 is 0 Å². The third-order valence-corrected chi connectivity index (χ3v) is 4.59. The number of nitrogens with two attached hydrogens (primary N) is 2. The van der Waals surface area contributed by atoms with Crippen molar-refractivity contribution in [3.8, 4) is 11.5 Å². The third-order valence-electron chi connectivity index (χ3n) is 3.67. The Morgan fingerprint density at radius 2 is 1.88 bits per heavy atom. The van der Waals surface area contributed by atoms with E-state index in [0.717, 1.165) is 12.5 Å². The lowest BCUT2D eigenvalue weighted by Crippen LogP contribution is -2.17. The molecule has 25 heavy (non-hydrogen) atoms. The highest BCUT2D eigenvalue weighted by atomic mass is 32.2. The van der Waals surface area contributed by atoms with E-state index in [4.69, 9.17) is 15.6 Å². The fourth-order valence-electron chi connectivity index (χ4n) is 2.42. The van der Waals surface area contributed by atoms with Crippen LogP contribution in [0.5, 0.6) is 11.5 Å². The molecule has 0 aliphatic heterocycles. The van der Waals surface area contributed by atoms with Gasteiger partial charge in [-0.05, 0) is 31.0 Å². The molecule has 0 unspecified atom stereocenters. The summed E-state index contributed by atoms with van der Waals surface area (Å²) in [6.07, 6.45) is 1.86. The molecule has 0 radical (unpaired) electrons. The van der Waals surface area contributed by atoms with Gasteiger partial charge >= 0.3 is 5.97 Å². The molecular formula is C17H20N2O5S. The Hall–Kier alpha value is -2.58. The highest BCUT2D eigenvalue weighted by Crippen LogP contribution is 2.38. The smallest absolute Gasteiger partial charge is 0.337 e. The summed E-state index contributed by atoms with van der Waals surface area (Å²) in [4.78, 5) is 11.0. The van der Waals surface area contributed by atoms with Gasteiger partial charge < -0.3 is 15.6 Å². The molecule has 0 saturated carbocycles. The first-order valence-electron chi connectivity index (χ1n) is 7.70. The van der Waals surface area contributed by atoms with Gasteiger partial charge in [0.25, 0.3) is 0 Å². The van der Waals surface area contributed by atoms with Gasteiger partial charge in [-0.2, -0.15) is 0 Å². The largest absolute Gasteiger partial charge is 0.478 e. The summed E-state index contributed by atoms with van der Waals surface area (Å²) in [6.45, 7) is 1.95.